The Morgan fingerprint density at radius 1 is 1.29 bits per heavy atom. The summed E-state index contributed by atoms with van der Waals surface area (Å²) in [5.74, 6) is 1.54. The summed E-state index contributed by atoms with van der Waals surface area (Å²) in [6.45, 7) is 2.45. The van der Waals surface area contributed by atoms with Gasteiger partial charge in [-0.25, -0.2) is 0 Å². The molecule has 1 unspecified atom stereocenters. The van der Waals surface area contributed by atoms with Crippen LogP contribution in [-0.4, -0.2) is 35.6 Å². The molecule has 0 amide bonds. The van der Waals surface area contributed by atoms with Crippen molar-refractivity contribution in [3.8, 4) is 0 Å². The molecule has 4 N–H and O–H groups in total. The summed E-state index contributed by atoms with van der Waals surface area (Å²) in [4.78, 5) is 14.1. The highest BCUT2D eigenvalue weighted by molar-refractivity contribution is 5.33. The first-order valence-electron chi connectivity index (χ1n) is 4.43. The lowest BCUT2D eigenvalue weighted by atomic mass is 10.2. The summed E-state index contributed by atoms with van der Waals surface area (Å²) >= 11 is 0. The molecule has 0 bridgehead atoms. The third kappa shape index (κ3) is 2.29. The third-order valence-electron chi connectivity index (χ3n) is 1.85. The average Bonchev–Trinajstić information content (AvgIpc) is 2.15. The number of hydrogen-bond acceptors (Lipinski definition) is 6. The third-order valence-corrected chi connectivity index (χ3v) is 1.85. The number of nitrogen functional groups attached to an aromatic ring is 1. The van der Waals surface area contributed by atoms with E-state index in [0.717, 1.165) is 0 Å². The van der Waals surface area contributed by atoms with Gasteiger partial charge in [-0.05, 0) is 0 Å². The molecule has 14 heavy (non-hydrogen) atoms. The van der Waals surface area contributed by atoms with Crippen molar-refractivity contribution in [1.29, 1.82) is 0 Å². The molecule has 1 aromatic heterocycles. The zero-order valence-corrected chi connectivity index (χ0v) is 8.73. The maximum atomic E-state index is 5.56. The van der Waals surface area contributed by atoms with Crippen LogP contribution >= 0.6 is 0 Å². The smallest absolute Gasteiger partial charge is 0.229 e. The van der Waals surface area contributed by atoms with Crippen LogP contribution in [0, 0.1) is 0 Å². The maximum absolute atomic E-state index is 5.56. The van der Waals surface area contributed by atoms with Crippen molar-refractivity contribution in [2.75, 3.05) is 31.3 Å². The molecular formula is C8H16N6. The molecule has 0 saturated heterocycles. The first-order valence-corrected chi connectivity index (χ1v) is 4.43. The van der Waals surface area contributed by atoms with E-state index in [1.165, 1.54) is 0 Å². The average molecular weight is 196 g/mol. The van der Waals surface area contributed by atoms with Gasteiger partial charge in [-0.15, -0.1) is 0 Å². The number of hydrogen-bond donors (Lipinski definition) is 2. The van der Waals surface area contributed by atoms with Gasteiger partial charge in [0.05, 0.1) is 0 Å². The molecule has 6 nitrogen and oxygen atoms in total. The van der Waals surface area contributed by atoms with E-state index in [0.29, 0.717) is 18.3 Å². The summed E-state index contributed by atoms with van der Waals surface area (Å²) in [5, 5.41) is 0. The van der Waals surface area contributed by atoms with Crippen molar-refractivity contribution in [3.05, 3.63) is 5.82 Å². The Labute approximate surface area is 83.4 Å². The highest BCUT2D eigenvalue weighted by Crippen LogP contribution is 2.12. The van der Waals surface area contributed by atoms with Crippen molar-refractivity contribution in [2.45, 2.75) is 12.8 Å². The van der Waals surface area contributed by atoms with Crippen molar-refractivity contribution in [1.82, 2.24) is 15.0 Å². The molecular weight excluding hydrogens is 180 g/mol. The van der Waals surface area contributed by atoms with Gasteiger partial charge in [-0.3, -0.25) is 0 Å². The van der Waals surface area contributed by atoms with Crippen LogP contribution in [0.2, 0.25) is 0 Å². The molecule has 1 aromatic rings. The summed E-state index contributed by atoms with van der Waals surface area (Å²) in [6, 6.07) is 0. The lowest BCUT2D eigenvalue weighted by molar-refractivity contribution is 0.703. The van der Waals surface area contributed by atoms with Gasteiger partial charge in [0.25, 0.3) is 0 Å². The van der Waals surface area contributed by atoms with E-state index in [9.17, 15) is 0 Å². The molecule has 0 aliphatic rings. The second-order valence-electron chi connectivity index (χ2n) is 3.38. The highest BCUT2D eigenvalue weighted by atomic mass is 15.3. The van der Waals surface area contributed by atoms with E-state index in [1.807, 2.05) is 21.0 Å². The van der Waals surface area contributed by atoms with Crippen molar-refractivity contribution >= 4 is 11.9 Å². The number of aromatic nitrogens is 3. The molecule has 78 valence electrons. The second kappa shape index (κ2) is 4.19. The number of rotatable bonds is 3. The first-order chi connectivity index (χ1) is 6.54. The van der Waals surface area contributed by atoms with Crippen LogP contribution in [-0.2, 0) is 0 Å². The monoisotopic (exact) mass is 196 g/mol. The maximum Gasteiger partial charge on any atom is 0.229 e. The molecule has 0 radical (unpaired) electrons. The molecule has 0 spiro atoms. The molecule has 1 heterocycles. The molecule has 6 heteroatoms. The lowest BCUT2D eigenvalue weighted by Gasteiger charge is -2.13. The van der Waals surface area contributed by atoms with Crippen LogP contribution in [0.25, 0.3) is 0 Å². The van der Waals surface area contributed by atoms with Gasteiger partial charge in [0.2, 0.25) is 11.9 Å². The zero-order valence-electron chi connectivity index (χ0n) is 8.73. The van der Waals surface area contributed by atoms with E-state index in [2.05, 4.69) is 15.0 Å². The second-order valence-corrected chi connectivity index (χ2v) is 3.38. The summed E-state index contributed by atoms with van der Waals surface area (Å²) in [7, 11) is 3.71. The standard InChI is InChI=1S/C8H16N6/c1-5(4-9)6-11-7(10)13-8(12-6)14(2)3/h5H,4,9H2,1-3H3,(H2,10,11,12,13). The molecule has 1 atom stereocenters. The normalized spacial score (nSPS) is 12.6. The number of nitrogens with zero attached hydrogens (tertiary/aromatic N) is 4. The minimum atomic E-state index is 0.0963. The van der Waals surface area contributed by atoms with Crippen LogP contribution in [0.5, 0.6) is 0 Å². The van der Waals surface area contributed by atoms with E-state index in [4.69, 9.17) is 11.5 Å². The Balaban J connectivity index is 3.07. The van der Waals surface area contributed by atoms with Gasteiger partial charge in [-0.2, -0.15) is 15.0 Å². The largest absolute Gasteiger partial charge is 0.368 e. The first kappa shape index (κ1) is 10.6. The van der Waals surface area contributed by atoms with E-state index < -0.39 is 0 Å². The van der Waals surface area contributed by atoms with Crippen LogP contribution in [0.1, 0.15) is 18.7 Å². The molecule has 0 aliphatic heterocycles. The minimum Gasteiger partial charge on any atom is -0.368 e. The molecule has 0 fully saturated rings. The minimum absolute atomic E-state index is 0.0963. The van der Waals surface area contributed by atoms with E-state index in [1.54, 1.807) is 4.90 Å². The van der Waals surface area contributed by atoms with Crippen LogP contribution in [0.3, 0.4) is 0 Å². The number of nitrogens with two attached hydrogens (primary N) is 2. The van der Waals surface area contributed by atoms with Crippen LogP contribution in [0.15, 0.2) is 0 Å². The summed E-state index contributed by atoms with van der Waals surface area (Å²) < 4.78 is 0. The summed E-state index contributed by atoms with van der Waals surface area (Å²) in [5.41, 5.74) is 11.1. The zero-order chi connectivity index (χ0) is 10.7. The van der Waals surface area contributed by atoms with Crippen molar-refractivity contribution in [3.63, 3.8) is 0 Å². The van der Waals surface area contributed by atoms with Gasteiger partial charge >= 0.3 is 0 Å². The van der Waals surface area contributed by atoms with E-state index in [-0.39, 0.29) is 11.9 Å². The highest BCUT2D eigenvalue weighted by Gasteiger charge is 2.11. The molecule has 0 saturated carbocycles. The molecule has 0 aliphatic carbocycles. The topological polar surface area (TPSA) is 93.9 Å². The fraction of sp³-hybridized carbons (Fsp3) is 0.625. The Morgan fingerprint density at radius 3 is 2.43 bits per heavy atom. The Morgan fingerprint density at radius 2 is 1.93 bits per heavy atom. The van der Waals surface area contributed by atoms with Gasteiger partial charge in [0.15, 0.2) is 0 Å². The molecule has 0 aromatic carbocycles. The lowest BCUT2D eigenvalue weighted by Crippen LogP contribution is -2.19. The quantitative estimate of drug-likeness (QED) is 0.682. The van der Waals surface area contributed by atoms with Gasteiger partial charge in [-0.1, -0.05) is 6.92 Å². The predicted molar refractivity (Wildman–Crippen MR) is 56.0 cm³/mol. The SMILES string of the molecule is CC(CN)c1nc(N)nc(N(C)C)n1. The van der Waals surface area contributed by atoms with Crippen LogP contribution < -0.4 is 16.4 Å². The Kier molecular flexibility index (Phi) is 3.19. The van der Waals surface area contributed by atoms with Crippen LogP contribution in [0.4, 0.5) is 11.9 Å². The van der Waals surface area contributed by atoms with Gasteiger partial charge < -0.3 is 16.4 Å². The Bertz CT molecular complexity index is 311. The van der Waals surface area contributed by atoms with Gasteiger partial charge in [0, 0.05) is 26.6 Å². The fourth-order valence-corrected chi connectivity index (χ4v) is 0.923. The number of anilines is 2. The Hall–Kier alpha value is -1.43. The van der Waals surface area contributed by atoms with Crippen molar-refractivity contribution < 1.29 is 0 Å². The fourth-order valence-electron chi connectivity index (χ4n) is 0.923. The predicted octanol–water partition coefficient (Wildman–Crippen LogP) is -0.418. The van der Waals surface area contributed by atoms with Gasteiger partial charge in [0.1, 0.15) is 5.82 Å². The van der Waals surface area contributed by atoms with E-state index >= 15 is 0 Å². The molecule has 1 rings (SSSR count). The summed E-state index contributed by atoms with van der Waals surface area (Å²) in [6.07, 6.45) is 0. The van der Waals surface area contributed by atoms with Crippen molar-refractivity contribution in [2.24, 2.45) is 5.73 Å².